The molecular weight excluding hydrogens is 466 g/mol. The first-order chi connectivity index (χ1) is 15.0. The Hall–Kier alpha value is -3.72. The van der Waals surface area contributed by atoms with Gasteiger partial charge in [0.15, 0.2) is 6.61 Å². The Morgan fingerprint density at radius 3 is 2.48 bits per heavy atom. The van der Waals surface area contributed by atoms with Gasteiger partial charge in [0.1, 0.15) is 18.1 Å². The quantitative estimate of drug-likeness (QED) is 0.274. The maximum absolute atomic E-state index is 11.8. The lowest BCUT2D eigenvalue weighted by Gasteiger charge is -2.09. The van der Waals surface area contributed by atoms with Gasteiger partial charge in [0.2, 0.25) is 0 Å². The zero-order valence-electron chi connectivity index (χ0n) is 16.2. The number of ether oxygens (including phenoxy) is 2. The average molecular weight is 484 g/mol. The van der Waals surface area contributed by atoms with Gasteiger partial charge >= 0.3 is 0 Å². The van der Waals surface area contributed by atoms with Gasteiger partial charge in [-0.3, -0.25) is 14.9 Å². The predicted molar refractivity (Wildman–Crippen MR) is 119 cm³/mol. The molecule has 0 aliphatic rings. The fraction of sp³-hybridized carbons (Fsp3) is 0.0909. The zero-order chi connectivity index (χ0) is 22.1. The molecule has 0 saturated carbocycles. The molecule has 3 aromatic rings. The largest absolute Gasteiger partial charge is 0.488 e. The summed E-state index contributed by atoms with van der Waals surface area (Å²) in [6.07, 6.45) is 1.51. The van der Waals surface area contributed by atoms with Gasteiger partial charge in [-0.05, 0) is 69.5 Å². The second-order valence-corrected chi connectivity index (χ2v) is 7.15. The molecule has 31 heavy (non-hydrogen) atoms. The van der Waals surface area contributed by atoms with Gasteiger partial charge in [-0.1, -0.05) is 18.2 Å². The molecule has 0 atom stereocenters. The van der Waals surface area contributed by atoms with Crippen molar-refractivity contribution in [1.29, 1.82) is 0 Å². The highest BCUT2D eigenvalue weighted by molar-refractivity contribution is 9.10. The standard InChI is InChI=1S/C22H18BrN3O5/c23-20-12-17(13-24-25-22(27)15-30-19-4-2-1-3-5-19)8-11-21(20)31-14-16-6-9-18(10-7-16)26(28)29/h1-13H,14-15H2,(H,25,27)/b24-13-. The van der Waals surface area contributed by atoms with Gasteiger partial charge < -0.3 is 9.47 Å². The third-order valence-corrected chi connectivity index (χ3v) is 4.63. The van der Waals surface area contributed by atoms with Gasteiger partial charge in [0.25, 0.3) is 11.6 Å². The number of non-ortho nitro benzene ring substituents is 1. The Balaban J connectivity index is 1.48. The second kappa shape index (κ2) is 10.9. The minimum Gasteiger partial charge on any atom is -0.488 e. The van der Waals surface area contributed by atoms with Gasteiger partial charge in [0, 0.05) is 12.1 Å². The van der Waals surface area contributed by atoms with E-state index in [0.29, 0.717) is 16.0 Å². The number of nitro groups is 1. The van der Waals surface area contributed by atoms with E-state index in [1.165, 1.54) is 18.3 Å². The van der Waals surface area contributed by atoms with Crippen LogP contribution in [0.4, 0.5) is 5.69 Å². The SMILES string of the molecule is O=C(COc1ccccc1)N/N=C\c1ccc(OCc2ccc([N+](=O)[O-])cc2)c(Br)c1. The Kier molecular flexibility index (Phi) is 7.72. The first-order valence-corrected chi connectivity index (χ1v) is 9.96. The van der Waals surface area contributed by atoms with Crippen molar-refractivity contribution in [2.24, 2.45) is 5.10 Å². The van der Waals surface area contributed by atoms with Crippen LogP contribution in [0, 0.1) is 10.1 Å². The molecule has 1 N–H and O–H groups in total. The molecule has 3 rings (SSSR count). The minimum absolute atomic E-state index is 0.0345. The number of rotatable bonds is 9. The third-order valence-electron chi connectivity index (χ3n) is 4.01. The van der Waals surface area contributed by atoms with Crippen molar-refractivity contribution in [2.75, 3.05) is 6.61 Å². The summed E-state index contributed by atoms with van der Waals surface area (Å²) in [5.74, 6) is 0.841. The highest BCUT2D eigenvalue weighted by atomic mass is 79.9. The van der Waals surface area contributed by atoms with Crippen LogP contribution >= 0.6 is 15.9 Å². The van der Waals surface area contributed by atoms with Crippen LogP contribution in [-0.4, -0.2) is 23.7 Å². The number of para-hydroxylation sites is 1. The van der Waals surface area contributed by atoms with Crippen molar-refractivity contribution in [2.45, 2.75) is 6.61 Å². The molecule has 0 fully saturated rings. The molecular formula is C22H18BrN3O5. The summed E-state index contributed by atoms with van der Waals surface area (Å²) in [6.45, 7) is 0.127. The predicted octanol–water partition coefficient (Wildman–Crippen LogP) is 4.47. The van der Waals surface area contributed by atoms with Gasteiger partial charge in [0.05, 0.1) is 15.6 Å². The van der Waals surface area contributed by atoms with Crippen molar-refractivity contribution in [3.8, 4) is 11.5 Å². The summed E-state index contributed by atoms with van der Waals surface area (Å²) in [7, 11) is 0. The third kappa shape index (κ3) is 6.93. The molecule has 0 bridgehead atoms. The Bertz CT molecular complexity index is 1070. The lowest BCUT2D eigenvalue weighted by molar-refractivity contribution is -0.384. The van der Waals surface area contributed by atoms with E-state index in [1.54, 1.807) is 42.5 Å². The molecule has 0 spiro atoms. The summed E-state index contributed by atoms with van der Waals surface area (Å²) in [4.78, 5) is 22.0. The van der Waals surface area contributed by atoms with E-state index in [0.717, 1.165) is 11.1 Å². The topological polar surface area (TPSA) is 103 Å². The lowest BCUT2D eigenvalue weighted by atomic mass is 10.2. The molecule has 3 aromatic carbocycles. The number of amides is 1. The second-order valence-electron chi connectivity index (χ2n) is 6.30. The maximum Gasteiger partial charge on any atom is 0.277 e. The molecule has 1 amide bonds. The van der Waals surface area contributed by atoms with E-state index >= 15 is 0 Å². The number of carbonyl (C=O) groups excluding carboxylic acids is 1. The highest BCUT2D eigenvalue weighted by Crippen LogP contribution is 2.26. The van der Waals surface area contributed by atoms with Crippen molar-refractivity contribution < 1.29 is 19.2 Å². The van der Waals surface area contributed by atoms with Crippen LogP contribution in [0.5, 0.6) is 11.5 Å². The number of nitrogens with one attached hydrogen (secondary N) is 1. The summed E-state index contributed by atoms with van der Waals surface area (Å²) >= 11 is 3.44. The molecule has 8 nitrogen and oxygen atoms in total. The van der Waals surface area contributed by atoms with Gasteiger partial charge in [-0.15, -0.1) is 0 Å². The fourth-order valence-electron chi connectivity index (χ4n) is 2.47. The molecule has 158 valence electrons. The molecule has 0 aliphatic carbocycles. The van der Waals surface area contributed by atoms with Crippen molar-refractivity contribution in [1.82, 2.24) is 5.43 Å². The highest BCUT2D eigenvalue weighted by Gasteiger charge is 2.06. The number of benzene rings is 3. The Labute approximate surface area is 186 Å². The number of carbonyl (C=O) groups is 1. The maximum atomic E-state index is 11.8. The first kappa shape index (κ1) is 22.0. The van der Waals surface area contributed by atoms with E-state index in [9.17, 15) is 14.9 Å². The number of hydrogen-bond acceptors (Lipinski definition) is 6. The van der Waals surface area contributed by atoms with Crippen molar-refractivity contribution >= 4 is 33.7 Å². The van der Waals surface area contributed by atoms with Crippen LogP contribution in [0.1, 0.15) is 11.1 Å². The number of nitrogens with zero attached hydrogens (tertiary/aromatic N) is 2. The van der Waals surface area contributed by atoms with Crippen LogP contribution in [0.25, 0.3) is 0 Å². The molecule has 0 heterocycles. The van der Waals surface area contributed by atoms with Crippen LogP contribution < -0.4 is 14.9 Å². The fourth-order valence-corrected chi connectivity index (χ4v) is 2.98. The van der Waals surface area contributed by atoms with E-state index in [-0.39, 0.29) is 24.8 Å². The van der Waals surface area contributed by atoms with E-state index in [2.05, 4.69) is 26.5 Å². The number of halogens is 1. The summed E-state index contributed by atoms with van der Waals surface area (Å²) < 4.78 is 11.8. The van der Waals surface area contributed by atoms with Gasteiger partial charge in [-0.25, -0.2) is 5.43 Å². The number of hydrogen-bond donors (Lipinski definition) is 1. The van der Waals surface area contributed by atoms with E-state index < -0.39 is 4.92 Å². The number of nitro benzene ring substituents is 1. The smallest absolute Gasteiger partial charge is 0.277 e. The lowest BCUT2D eigenvalue weighted by Crippen LogP contribution is -2.24. The van der Waals surface area contributed by atoms with E-state index in [1.807, 2.05) is 18.2 Å². The molecule has 9 heteroatoms. The van der Waals surface area contributed by atoms with Crippen LogP contribution in [0.2, 0.25) is 0 Å². The molecule has 0 aliphatic heterocycles. The van der Waals surface area contributed by atoms with Crippen LogP contribution in [0.3, 0.4) is 0 Å². The van der Waals surface area contributed by atoms with E-state index in [4.69, 9.17) is 9.47 Å². The molecule has 0 saturated heterocycles. The molecule has 0 radical (unpaired) electrons. The molecule has 0 unspecified atom stereocenters. The zero-order valence-corrected chi connectivity index (χ0v) is 17.8. The first-order valence-electron chi connectivity index (χ1n) is 9.17. The summed E-state index contributed by atoms with van der Waals surface area (Å²) in [5, 5.41) is 14.6. The monoisotopic (exact) mass is 483 g/mol. The summed E-state index contributed by atoms with van der Waals surface area (Å²) in [6, 6.07) is 20.5. The average Bonchev–Trinajstić information content (AvgIpc) is 2.78. The normalized spacial score (nSPS) is 10.6. The van der Waals surface area contributed by atoms with Gasteiger partial charge in [-0.2, -0.15) is 5.10 Å². The number of hydrazone groups is 1. The summed E-state index contributed by atoms with van der Waals surface area (Å²) in [5.41, 5.74) is 4.00. The molecule has 0 aromatic heterocycles. The van der Waals surface area contributed by atoms with Crippen LogP contribution in [0.15, 0.2) is 82.4 Å². The Morgan fingerprint density at radius 2 is 1.81 bits per heavy atom. The van der Waals surface area contributed by atoms with Crippen LogP contribution in [-0.2, 0) is 11.4 Å². The van der Waals surface area contributed by atoms with Crippen molar-refractivity contribution in [3.05, 3.63) is 98.5 Å². The van der Waals surface area contributed by atoms with Crippen molar-refractivity contribution in [3.63, 3.8) is 0 Å². The minimum atomic E-state index is -0.444. The Morgan fingerprint density at radius 1 is 1.06 bits per heavy atom.